The van der Waals surface area contributed by atoms with Crippen LogP contribution in [-0.2, 0) is 6.54 Å². The third-order valence-electron chi connectivity index (χ3n) is 4.66. The Morgan fingerprint density at radius 1 is 1.29 bits per heavy atom. The highest BCUT2D eigenvalue weighted by Crippen LogP contribution is 2.27. The molecule has 1 fully saturated rings. The molecule has 21 heavy (non-hydrogen) atoms. The molecule has 2 unspecified atom stereocenters. The fourth-order valence-corrected chi connectivity index (χ4v) is 3.41. The Labute approximate surface area is 126 Å². The van der Waals surface area contributed by atoms with Crippen molar-refractivity contribution >= 4 is 0 Å². The zero-order valence-electron chi connectivity index (χ0n) is 12.7. The summed E-state index contributed by atoms with van der Waals surface area (Å²) in [6, 6.07) is 4.68. The van der Waals surface area contributed by atoms with Gasteiger partial charge in [-0.25, -0.2) is 0 Å². The predicted octanol–water partition coefficient (Wildman–Crippen LogP) is 3.53. The Morgan fingerprint density at radius 3 is 3.00 bits per heavy atom. The van der Waals surface area contributed by atoms with Crippen LogP contribution in [0.3, 0.4) is 0 Å². The largest absolute Gasteiger partial charge is 0.310 e. The second-order valence-electron chi connectivity index (χ2n) is 5.95. The van der Waals surface area contributed by atoms with Gasteiger partial charge in [0.05, 0.1) is 11.9 Å². The van der Waals surface area contributed by atoms with Crippen molar-refractivity contribution in [2.45, 2.75) is 51.6 Å². The molecular formula is C17H24N4. The molecule has 2 atom stereocenters. The first-order chi connectivity index (χ1) is 10.4. The lowest BCUT2D eigenvalue weighted by Gasteiger charge is -2.31. The number of hydrogen-bond acceptors (Lipinski definition) is 3. The first-order valence-electron chi connectivity index (χ1n) is 8.04. The van der Waals surface area contributed by atoms with Gasteiger partial charge in [0.15, 0.2) is 0 Å². The van der Waals surface area contributed by atoms with Gasteiger partial charge in [-0.15, -0.1) is 0 Å². The van der Waals surface area contributed by atoms with Crippen LogP contribution in [0.2, 0.25) is 0 Å². The minimum atomic E-state index is 0.653. The summed E-state index contributed by atoms with van der Waals surface area (Å²) in [5, 5.41) is 11.1. The van der Waals surface area contributed by atoms with Crippen LogP contribution in [0.1, 0.15) is 44.6 Å². The number of nitrogens with one attached hydrogen (secondary N) is 2. The van der Waals surface area contributed by atoms with Crippen LogP contribution in [0.25, 0.3) is 11.3 Å². The van der Waals surface area contributed by atoms with Gasteiger partial charge >= 0.3 is 0 Å². The van der Waals surface area contributed by atoms with E-state index in [4.69, 9.17) is 0 Å². The Hall–Kier alpha value is -1.68. The number of aromatic nitrogens is 3. The number of hydrogen-bond donors (Lipinski definition) is 2. The number of nitrogens with zero attached hydrogens (tertiary/aromatic N) is 2. The van der Waals surface area contributed by atoms with Gasteiger partial charge in [0.1, 0.15) is 0 Å². The average molecular weight is 284 g/mol. The third-order valence-corrected chi connectivity index (χ3v) is 4.66. The fraction of sp³-hybridized carbons (Fsp3) is 0.529. The molecule has 3 rings (SSSR count). The lowest BCUT2D eigenvalue weighted by Crippen LogP contribution is -2.37. The average Bonchev–Trinajstić information content (AvgIpc) is 3.02. The number of aromatic amines is 1. The van der Waals surface area contributed by atoms with Crippen LogP contribution in [0.4, 0.5) is 0 Å². The highest BCUT2D eigenvalue weighted by atomic mass is 15.1. The monoisotopic (exact) mass is 284 g/mol. The summed E-state index contributed by atoms with van der Waals surface area (Å²) >= 11 is 0. The van der Waals surface area contributed by atoms with Gasteiger partial charge in [-0.1, -0.05) is 26.2 Å². The Balaban J connectivity index is 1.67. The van der Waals surface area contributed by atoms with Crippen LogP contribution in [0.15, 0.2) is 30.7 Å². The van der Waals surface area contributed by atoms with Gasteiger partial charge in [0.25, 0.3) is 0 Å². The van der Waals surface area contributed by atoms with Crippen LogP contribution >= 0.6 is 0 Å². The van der Waals surface area contributed by atoms with Crippen molar-refractivity contribution in [1.82, 2.24) is 20.5 Å². The van der Waals surface area contributed by atoms with Crippen molar-refractivity contribution in [3.05, 3.63) is 36.3 Å². The van der Waals surface area contributed by atoms with E-state index < -0.39 is 0 Å². The quantitative estimate of drug-likeness (QED) is 0.883. The molecule has 2 N–H and O–H groups in total. The third kappa shape index (κ3) is 3.32. The Morgan fingerprint density at radius 2 is 2.19 bits per heavy atom. The van der Waals surface area contributed by atoms with Gasteiger partial charge in [-0.05, 0) is 30.9 Å². The van der Waals surface area contributed by atoms with Crippen molar-refractivity contribution in [3.8, 4) is 11.3 Å². The minimum Gasteiger partial charge on any atom is -0.310 e. The summed E-state index contributed by atoms with van der Waals surface area (Å²) in [6.07, 6.45) is 12.3. The molecule has 0 amide bonds. The number of rotatable bonds is 5. The maximum atomic E-state index is 4.21. The smallest absolute Gasteiger partial charge is 0.0710 e. The molecule has 2 aromatic rings. The predicted molar refractivity (Wildman–Crippen MR) is 84.7 cm³/mol. The summed E-state index contributed by atoms with van der Waals surface area (Å²) in [6.45, 7) is 3.19. The first kappa shape index (κ1) is 14.3. The molecule has 2 heterocycles. The van der Waals surface area contributed by atoms with Gasteiger partial charge in [0.2, 0.25) is 0 Å². The standard InChI is InChI=1S/C17H24N4/c1-2-13-6-3-4-8-16(13)19-11-15-12-20-21-17(15)14-7-5-9-18-10-14/h5,7,9-10,12-13,16,19H,2-4,6,8,11H2,1H3,(H,20,21). The van der Waals surface area contributed by atoms with Crippen molar-refractivity contribution < 1.29 is 0 Å². The molecule has 0 bridgehead atoms. The zero-order chi connectivity index (χ0) is 14.5. The highest BCUT2D eigenvalue weighted by Gasteiger charge is 2.23. The molecule has 0 radical (unpaired) electrons. The van der Waals surface area contributed by atoms with E-state index in [1.165, 1.54) is 37.7 Å². The Kier molecular flexibility index (Phi) is 4.65. The molecule has 0 aromatic carbocycles. The van der Waals surface area contributed by atoms with E-state index in [1.54, 1.807) is 6.20 Å². The topological polar surface area (TPSA) is 53.6 Å². The van der Waals surface area contributed by atoms with Crippen molar-refractivity contribution in [1.29, 1.82) is 0 Å². The van der Waals surface area contributed by atoms with Crippen molar-refractivity contribution in [2.24, 2.45) is 5.92 Å². The number of H-pyrrole nitrogens is 1. The normalized spacial score (nSPS) is 22.3. The molecule has 1 aliphatic carbocycles. The highest BCUT2D eigenvalue weighted by molar-refractivity contribution is 5.61. The fourth-order valence-electron chi connectivity index (χ4n) is 3.41. The molecule has 1 saturated carbocycles. The van der Waals surface area contributed by atoms with E-state index in [9.17, 15) is 0 Å². The molecular weight excluding hydrogens is 260 g/mol. The van der Waals surface area contributed by atoms with Crippen LogP contribution in [-0.4, -0.2) is 21.2 Å². The van der Waals surface area contributed by atoms with E-state index in [1.807, 2.05) is 18.5 Å². The van der Waals surface area contributed by atoms with Crippen molar-refractivity contribution in [3.63, 3.8) is 0 Å². The molecule has 112 valence electrons. The van der Waals surface area contributed by atoms with E-state index in [-0.39, 0.29) is 0 Å². The molecule has 4 nitrogen and oxygen atoms in total. The summed E-state index contributed by atoms with van der Waals surface area (Å²) < 4.78 is 0. The maximum absolute atomic E-state index is 4.21. The van der Waals surface area contributed by atoms with Gasteiger partial charge in [0, 0.05) is 36.1 Å². The summed E-state index contributed by atoms with van der Waals surface area (Å²) in [5.74, 6) is 0.826. The molecule has 0 spiro atoms. The summed E-state index contributed by atoms with van der Waals surface area (Å²) in [4.78, 5) is 4.19. The van der Waals surface area contributed by atoms with Crippen LogP contribution in [0, 0.1) is 5.92 Å². The van der Waals surface area contributed by atoms with E-state index in [0.717, 1.165) is 23.7 Å². The minimum absolute atomic E-state index is 0.653. The zero-order valence-corrected chi connectivity index (χ0v) is 12.7. The second kappa shape index (κ2) is 6.85. The van der Waals surface area contributed by atoms with Crippen molar-refractivity contribution in [2.75, 3.05) is 0 Å². The molecule has 2 aromatic heterocycles. The van der Waals surface area contributed by atoms with Gasteiger partial charge in [-0.3, -0.25) is 10.1 Å². The molecule has 4 heteroatoms. The number of pyridine rings is 1. The van der Waals surface area contributed by atoms with Crippen LogP contribution < -0.4 is 5.32 Å². The molecule has 0 aliphatic heterocycles. The molecule has 1 aliphatic rings. The van der Waals surface area contributed by atoms with Gasteiger partial charge in [-0.2, -0.15) is 5.10 Å². The molecule has 0 saturated heterocycles. The van der Waals surface area contributed by atoms with Gasteiger partial charge < -0.3 is 5.32 Å². The van der Waals surface area contributed by atoms with Crippen LogP contribution in [0.5, 0.6) is 0 Å². The van der Waals surface area contributed by atoms with E-state index in [2.05, 4.69) is 33.5 Å². The second-order valence-corrected chi connectivity index (χ2v) is 5.95. The van der Waals surface area contributed by atoms with E-state index >= 15 is 0 Å². The summed E-state index contributed by atoms with van der Waals surface area (Å²) in [7, 11) is 0. The maximum Gasteiger partial charge on any atom is 0.0710 e. The SMILES string of the molecule is CCC1CCCCC1NCc1cn[nH]c1-c1cccnc1. The lowest BCUT2D eigenvalue weighted by molar-refractivity contribution is 0.254. The van der Waals surface area contributed by atoms with E-state index in [0.29, 0.717) is 6.04 Å². The first-order valence-corrected chi connectivity index (χ1v) is 8.04. The Bertz CT molecular complexity index is 549. The lowest BCUT2D eigenvalue weighted by atomic mass is 9.83. The summed E-state index contributed by atoms with van der Waals surface area (Å²) in [5.41, 5.74) is 3.41.